The molecule has 2 aliphatic carbocycles. The van der Waals surface area contributed by atoms with E-state index in [0.29, 0.717) is 45.6 Å². The van der Waals surface area contributed by atoms with Gasteiger partial charge in [-0.2, -0.15) is 0 Å². The Morgan fingerprint density at radius 3 is 2.45 bits per heavy atom. The number of likely N-dealkylation sites (tertiary alicyclic amines) is 1. The lowest BCUT2D eigenvalue weighted by Gasteiger charge is -2.36. The van der Waals surface area contributed by atoms with Crippen LogP contribution in [0.5, 0.6) is 11.6 Å². The van der Waals surface area contributed by atoms with Gasteiger partial charge in [-0.25, -0.2) is 18.2 Å². The molecule has 0 bridgehead atoms. The van der Waals surface area contributed by atoms with Gasteiger partial charge in [0.25, 0.3) is 5.91 Å². The predicted octanol–water partition coefficient (Wildman–Crippen LogP) is 5.01. The molecule has 5 atom stereocenters. The Morgan fingerprint density at radius 2 is 1.82 bits per heavy atom. The van der Waals surface area contributed by atoms with Gasteiger partial charge >= 0.3 is 5.97 Å². The topological polar surface area (TPSA) is 182 Å². The van der Waals surface area contributed by atoms with Crippen LogP contribution in [-0.4, -0.2) is 90.7 Å². The standard InChI is InChI=1S/C40H48ClN5O9S/c1-8-24-19-40(24,38(50)45-56(51,52)28-13-14-28)44-34(47)31-18-27(55-35-30-17-25(41)12-15-29(30)32(53-7)20-42-35)21-46(31)36(48)33(39(4,5)6)43-26-11-9-10-23(16-26)37(49)54-22(2)3/h8-12,15-17,20,22,24,27-28,31,33,43H,1,13-14,18-19,21H2,2-7H3,(H,44,47)(H,45,50)/t24-,27-,31+,33+,40-/m1/s1. The van der Waals surface area contributed by atoms with E-state index < -0.39 is 74.0 Å². The average Bonchev–Trinajstić information content (AvgIpc) is 4.06. The summed E-state index contributed by atoms with van der Waals surface area (Å²) < 4.78 is 45.0. The largest absolute Gasteiger partial charge is 0.494 e. The van der Waals surface area contributed by atoms with Crippen LogP contribution < -0.4 is 24.8 Å². The number of sulfonamides is 1. The van der Waals surface area contributed by atoms with Crippen LogP contribution in [0.1, 0.15) is 70.7 Å². The maximum absolute atomic E-state index is 14.8. The number of anilines is 1. The molecule has 1 aliphatic heterocycles. The number of esters is 1. The lowest BCUT2D eigenvalue weighted by atomic mass is 9.85. The third kappa shape index (κ3) is 8.58. The number of nitrogens with one attached hydrogen (secondary N) is 3. The van der Waals surface area contributed by atoms with Crippen LogP contribution in [0.2, 0.25) is 5.02 Å². The number of nitrogens with zero attached hydrogens (tertiary/aromatic N) is 2. The summed E-state index contributed by atoms with van der Waals surface area (Å²) in [5.41, 5.74) is -1.51. The van der Waals surface area contributed by atoms with Crippen molar-refractivity contribution in [2.45, 2.75) is 95.4 Å². The highest BCUT2D eigenvalue weighted by Crippen LogP contribution is 2.46. The molecular weight excluding hydrogens is 762 g/mol. The van der Waals surface area contributed by atoms with Crippen molar-refractivity contribution in [2.24, 2.45) is 11.3 Å². The first-order valence-electron chi connectivity index (χ1n) is 18.5. The van der Waals surface area contributed by atoms with Gasteiger partial charge < -0.3 is 29.7 Å². The maximum Gasteiger partial charge on any atom is 0.338 e. The molecule has 300 valence electrons. The average molecular weight is 810 g/mol. The normalized spacial score (nSPS) is 22.6. The van der Waals surface area contributed by atoms with Gasteiger partial charge in [0.1, 0.15) is 29.5 Å². The van der Waals surface area contributed by atoms with Gasteiger partial charge in [0.2, 0.25) is 27.7 Å². The van der Waals surface area contributed by atoms with Crippen LogP contribution in [0.25, 0.3) is 10.8 Å². The van der Waals surface area contributed by atoms with Gasteiger partial charge in [-0.15, -0.1) is 6.58 Å². The number of carbonyl (C=O) groups excluding carboxylic acids is 4. The molecule has 6 rings (SSSR count). The minimum Gasteiger partial charge on any atom is -0.494 e. The van der Waals surface area contributed by atoms with Crippen molar-refractivity contribution in [2.75, 3.05) is 19.0 Å². The van der Waals surface area contributed by atoms with Gasteiger partial charge in [-0.3, -0.25) is 19.1 Å². The van der Waals surface area contributed by atoms with Crippen molar-refractivity contribution in [3.63, 3.8) is 0 Å². The van der Waals surface area contributed by atoms with Crippen LogP contribution in [0.4, 0.5) is 5.69 Å². The maximum atomic E-state index is 14.8. The highest BCUT2D eigenvalue weighted by molar-refractivity contribution is 7.91. The number of aromatic nitrogens is 1. The Balaban J connectivity index is 1.32. The summed E-state index contributed by atoms with van der Waals surface area (Å²) in [6.07, 6.45) is 2.99. The number of methoxy groups -OCH3 is 1. The van der Waals surface area contributed by atoms with E-state index in [9.17, 15) is 27.6 Å². The fraction of sp³-hybridized carbons (Fsp3) is 0.475. The summed E-state index contributed by atoms with van der Waals surface area (Å²) in [6, 6.07) is 9.74. The highest BCUT2D eigenvalue weighted by Gasteiger charge is 2.62. The van der Waals surface area contributed by atoms with Crippen molar-refractivity contribution < 1.29 is 41.8 Å². The van der Waals surface area contributed by atoms with Gasteiger partial charge in [0, 0.05) is 33.8 Å². The highest BCUT2D eigenvalue weighted by atomic mass is 35.5. The molecular formula is C40H48ClN5O9S. The van der Waals surface area contributed by atoms with Crippen LogP contribution in [-0.2, 0) is 29.1 Å². The molecule has 2 aromatic carbocycles. The van der Waals surface area contributed by atoms with Crippen molar-refractivity contribution >= 4 is 61.8 Å². The van der Waals surface area contributed by atoms with Gasteiger partial charge in [-0.1, -0.05) is 44.5 Å². The first kappa shape index (κ1) is 40.8. The molecule has 56 heavy (non-hydrogen) atoms. The zero-order valence-electron chi connectivity index (χ0n) is 32.3. The van der Waals surface area contributed by atoms with E-state index in [2.05, 4.69) is 26.9 Å². The number of hydrogen-bond donors (Lipinski definition) is 3. The number of hydrogen-bond acceptors (Lipinski definition) is 11. The summed E-state index contributed by atoms with van der Waals surface area (Å²) in [6.45, 7) is 12.9. The van der Waals surface area contributed by atoms with Gasteiger partial charge in [-0.05, 0) is 74.9 Å². The quantitative estimate of drug-likeness (QED) is 0.147. The zero-order valence-corrected chi connectivity index (χ0v) is 33.8. The number of amides is 3. The summed E-state index contributed by atoms with van der Waals surface area (Å²) in [5, 5.41) is 7.15. The van der Waals surface area contributed by atoms with Crippen molar-refractivity contribution in [1.29, 1.82) is 0 Å². The van der Waals surface area contributed by atoms with Gasteiger partial charge in [0.15, 0.2) is 0 Å². The predicted molar refractivity (Wildman–Crippen MR) is 211 cm³/mol. The van der Waals surface area contributed by atoms with E-state index in [4.69, 9.17) is 25.8 Å². The van der Waals surface area contributed by atoms with Crippen LogP contribution >= 0.6 is 11.6 Å². The number of ether oxygens (including phenoxy) is 3. The number of pyridine rings is 1. The molecule has 3 aromatic rings. The molecule has 3 aliphatic rings. The van der Waals surface area contributed by atoms with Crippen LogP contribution in [0.3, 0.4) is 0 Å². The van der Waals surface area contributed by atoms with Crippen LogP contribution in [0, 0.1) is 11.3 Å². The third-order valence-corrected chi connectivity index (χ3v) is 12.3. The van der Waals surface area contributed by atoms with E-state index in [1.54, 1.807) is 56.3 Å². The van der Waals surface area contributed by atoms with Gasteiger partial charge in [0.05, 0.1) is 36.8 Å². The summed E-state index contributed by atoms with van der Waals surface area (Å²) >= 11 is 6.36. The zero-order chi connectivity index (χ0) is 40.7. The monoisotopic (exact) mass is 809 g/mol. The Bertz CT molecular complexity index is 2170. The number of rotatable bonds is 14. The third-order valence-electron chi connectivity index (χ3n) is 10.2. The molecule has 3 amide bonds. The van der Waals surface area contributed by atoms with E-state index in [0.717, 1.165) is 0 Å². The Labute approximate surface area is 331 Å². The fourth-order valence-corrected chi connectivity index (χ4v) is 8.51. The molecule has 14 nitrogen and oxygen atoms in total. The molecule has 2 saturated carbocycles. The smallest absolute Gasteiger partial charge is 0.338 e. The van der Waals surface area contributed by atoms with E-state index in [1.165, 1.54) is 24.3 Å². The minimum atomic E-state index is -3.91. The Morgan fingerprint density at radius 1 is 1.09 bits per heavy atom. The number of carbonyl (C=O) groups is 4. The fourth-order valence-electron chi connectivity index (χ4n) is 6.97. The van der Waals surface area contributed by atoms with Crippen molar-refractivity contribution in [3.05, 3.63) is 71.9 Å². The molecule has 3 N–H and O–H groups in total. The Hall–Kier alpha value is -4.89. The molecule has 3 fully saturated rings. The van der Waals surface area contributed by atoms with Crippen LogP contribution in [0.15, 0.2) is 61.3 Å². The molecule has 0 radical (unpaired) electrons. The summed E-state index contributed by atoms with van der Waals surface area (Å²) in [4.78, 5) is 61.4. The minimum absolute atomic E-state index is 0.0115. The first-order chi connectivity index (χ1) is 26.4. The molecule has 16 heteroatoms. The molecule has 2 heterocycles. The summed E-state index contributed by atoms with van der Waals surface area (Å²) in [7, 11) is -2.39. The van der Waals surface area contributed by atoms with E-state index in [1.807, 2.05) is 20.8 Å². The first-order valence-corrected chi connectivity index (χ1v) is 20.5. The number of fused-ring (bicyclic) bond motifs is 1. The number of benzene rings is 2. The molecule has 0 spiro atoms. The van der Waals surface area contributed by atoms with E-state index >= 15 is 0 Å². The lowest BCUT2D eigenvalue weighted by Crippen LogP contribution is -2.58. The Kier molecular flexibility index (Phi) is 11.3. The molecule has 1 aromatic heterocycles. The van der Waals surface area contributed by atoms with Crippen molar-refractivity contribution in [3.8, 4) is 11.6 Å². The second kappa shape index (κ2) is 15.6. The second-order valence-corrected chi connectivity index (χ2v) is 18.4. The summed E-state index contributed by atoms with van der Waals surface area (Å²) in [5.74, 6) is -2.28. The SMILES string of the molecule is C=C[C@@H]1C[C@]1(NC(=O)[C@@H]1C[C@@H](Oc2ncc(OC)c3ccc(Cl)cc23)CN1C(=O)[C@H](Nc1cccc(C(=O)OC(C)C)c1)C(C)(C)C)C(=O)NS(=O)(=O)C1CC1. The molecule has 1 saturated heterocycles. The lowest BCUT2D eigenvalue weighted by molar-refractivity contribution is -0.141. The number of halogens is 1. The molecule has 0 unspecified atom stereocenters. The second-order valence-electron chi connectivity index (χ2n) is 16.0. The van der Waals surface area contributed by atoms with Crippen molar-refractivity contribution in [1.82, 2.24) is 19.9 Å². The van der Waals surface area contributed by atoms with E-state index in [-0.39, 0.29) is 31.4 Å².